The molecule has 0 amide bonds. The van der Waals surface area contributed by atoms with Gasteiger partial charge in [0, 0.05) is 38.1 Å². The number of carbonyl (C=O) groups is 1. The van der Waals surface area contributed by atoms with Crippen molar-refractivity contribution in [3.05, 3.63) is 42.1 Å². The zero-order valence-corrected chi connectivity index (χ0v) is 10.5. The van der Waals surface area contributed by atoms with Gasteiger partial charge in [-0.1, -0.05) is 6.07 Å². The average molecular weight is 245 g/mol. The van der Waals surface area contributed by atoms with Crippen molar-refractivity contribution in [2.45, 2.75) is 12.8 Å². The number of hydrogen-bond donors (Lipinski definition) is 0. The summed E-state index contributed by atoms with van der Waals surface area (Å²) in [6.07, 6.45) is 5.89. The molecule has 0 fully saturated rings. The molecule has 94 valence electrons. The number of imidazole rings is 1. The Hall–Kier alpha value is -2.17. The first kappa shape index (κ1) is 12.3. The lowest BCUT2D eigenvalue weighted by Gasteiger charge is -2.03. The van der Waals surface area contributed by atoms with Crippen molar-refractivity contribution in [1.82, 2.24) is 14.5 Å². The van der Waals surface area contributed by atoms with Gasteiger partial charge in [0.05, 0.1) is 13.5 Å². The van der Waals surface area contributed by atoms with Crippen LogP contribution in [0.2, 0.25) is 0 Å². The highest BCUT2D eigenvalue weighted by Crippen LogP contribution is 2.08. The van der Waals surface area contributed by atoms with Crippen LogP contribution < -0.4 is 4.74 Å². The van der Waals surface area contributed by atoms with Crippen molar-refractivity contribution in [3.63, 3.8) is 0 Å². The first-order valence-corrected chi connectivity index (χ1v) is 5.66. The molecule has 0 saturated heterocycles. The molecule has 2 rings (SSSR count). The van der Waals surface area contributed by atoms with Crippen molar-refractivity contribution < 1.29 is 9.53 Å². The summed E-state index contributed by atoms with van der Waals surface area (Å²) in [5, 5.41) is 0. The molecule has 0 spiro atoms. The molecular weight excluding hydrogens is 230 g/mol. The molecule has 5 nitrogen and oxygen atoms in total. The zero-order chi connectivity index (χ0) is 13.0. The monoisotopic (exact) mass is 245 g/mol. The van der Waals surface area contributed by atoms with Gasteiger partial charge in [-0.15, -0.1) is 0 Å². The zero-order valence-electron chi connectivity index (χ0n) is 10.5. The predicted molar refractivity (Wildman–Crippen MR) is 66.4 cm³/mol. The van der Waals surface area contributed by atoms with Gasteiger partial charge in [-0.05, 0) is 5.56 Å². The Kier molecular flexibility index (Phi) is 3.72. The fourth-order valence-electron chi connectivity index (χ4n) is 1.67. The van der Waals surface area contributed by atoms with Crippen LogP contribution in [-0.2, 0) is 24.7 Å². The number of aryl methyl sites for hydroxylation is 1. The Morgan fingerprint density at radius 3 is 2.72 bits per heavy atom. The molecule has 18 heavy (non-hydrogen) atoms. The van der Waals surface area contributed by atoms with Crippen LogP contribution in [0.1, 0.15) is 11.4 Å². The molecule has 0 radical (unpaired) electrons. The van der Waals surface area contributed by atoms with Crippen LogP contribution in [-0.4, -0.2) is 27.4 Å². The lowest BCUT2D eigenvalue weighted by Crippen LogP contribution is -2.10. The standard InChI is InChI=1S/C13H15N3O2/c1-16-6-5-14-12(16)8-11(17)7-10-3-4-13(18-2)15-9-10/h3-6,9H,7-8H2,1-2H3. The minimum atomic E-state index is 0.122. The van der Waals surface area contributed by atoms with E-state index in [-0.39, 0.29) is 5.78 Å². The second-order valence-electron chi connectivity index (χ2n) is 4.06. The number of pyridine rings is 1. The highest BCUT2D eigenvalue weighted by Gasteiger charge is 2.09. The minimum Gasteiger partial charge on any atom is -0.481 e. The van der Waals surface area contributed by atoms with Gasteiger partial charge in [-0.3, -0.25) is 4.79 Å². The maximum atomic E-state index is 11.9. The van der Waals surface area contributed by atoms with Gasteiger partial charge < -0.3 is 9.30 Å². The van der Waals surface area contributed by atoms with Gasteiger partial charge in [0.1, 0.15) is 11.6 Å². The third-order valence-electron chi connectivity index (χ3n) is 2.68. The van der Waals surface area contributed by atoms with Crippen LogP contribution in [0.3, 0.4) is 0 Å². The molecule has 0 aliphatic carbocycles. The lowest BCUT2D eigenvalue weighted by molar-refractivity contribution is -0.117. The summed E-state index contributed by atoms with van der Waals surface area (Å²) in [7, 11) is 3.44. The number of ether oxygens (including phenoxy) is 1. The number of nitrogens with zero attached hydrogens (tertiary/aromatic N) is 3. The van der Waals surface area contributed by atoms with E-state index < -0.39 is 0 Å². The van der Waals surface area contributed by atoms with Crippen LogP contribution in [0.15, 0.2) is 30.7 Å². The van der Waals surface area contributed by atoms with Gasteiger partial charge in [0.25, 0.3) is 0 Å². The topological polar surface area (TPSA) is 57.0 Å². The highest BCUT2D eigenvalue weighted by atomic mass is 16.5. The largest absolute Gasteiger partial charge is 0.481 e. The van der Waals surface area contributed by atoms with Gasteiger partial charge in [-0.25, -0.2) is 9.97 Å². The third kappa shape index (κ3) is 2.94. The molecule has 0 unspecified atom stereocenters. The molecule has 2 aromatic heterocycles. The summed E-state index contributed by atoms with van der Waals surface area (Å²) in [5.74, 6) is 1.45. The molecule has 0 aliphatic rings. The predicted octanol–water partition coefficient (Wildman–Crippen LogP) is 1.18. The molecule has 0 saturated carbocycles. The van der Waals surface area contributed by atoms with Gasteiger partial charge in [-0.2, -0.15) is 0 Å². The first-order chi connectivity index (χ1) is 8.69. The number of methoxy groups -OCH3 is 1. The van der Waals surface area contributed by atoms with E-state index in [4.69, 9.17) is 4.74 Å². The van der Waals surface area contributed by atoms with Crippen molar-refractivity contribution in [3.8, 4) is 5.88 Å². The van der Waals surface area contributed by atoms with Crippen molar-refractivity contribution >= 4 is 5.78 Å². The summed E-state index contributed by atoms with van der Waals surface area (Å²) in [4.78, 5) is 20.1. The van der Waals surface area contributed by atoms with E-state index in [9.17, 15) is 4.79 Å². The Morgan fingerprint density at radius 1 is 1.33 bits per heavy atom. The lowest BCUT2D eigenvalue weighted by atomic mass is 10.1. The number of hydrogen-bond acceptors (Lipinski definition) is 4. The van der Waals surface area contributed by atoms with E-state index in [0.29, 0.717) is 18.7 Å². The molecule has 0 bridgehead atoms. The van der Waals surface area contributed by atoms with Crippen LogP contribution in [0, 0.1) is 0 Å². The molecular formula is C13H15N3O2. The summed E-state index contributed by atoms with van der Waals surface area (Å²) in [6, 6.07) is 3.60. The Bertz CT molecular complexity index is 531. The van der Waals surface area contributed by atoms with E-state index in [1.54, 1.807) is 25.6 Å². The molecule has 0 aliphatic heterocycles. The van der Waals surface area contributed by atoms with Gasteiger partial charge >= 0.3 is 0 Å². The molecule has 2 heterocycles. The minimum absolute atomic E-state index is 0.122. The number of Topliss-reactive ketones (excluding diaryl/α,β-unsaturated/α-hetero) is 1. The molecule has 0 atom stereocenters. The fourth-order valence-corrected chi connectivity index (χ4v) is 1.67. The van der Waals surface area contributed by atoms with E-state index in [0.717, 1.165) is 11.4 Å². The van der Waals surface area contributed by atoms with Crippen molar-refractivity contribution in [2.75, 3.05) is 7.11 Å². The van der Waals surface area contributed by atoms with Crippen LogP contribution in [0.5, 0.6) is 5.88 Å². The van der Waals surface area contributed by atoms with E-state index in [2.05, 4.69) is 9.97 Å². The van der Waals surface area contributed by atoms with E-state index in [1.807, 2.05) is 23.9 Å². The number of rotatable bonds is 5. The molecule has 5 heteroatoms. The molecule has 2 aromatic rings. The Labute approximate surface area is 105 Å². The Balaban J connectivity index is 1.96. The second kappa shape index (κ2) is 5.44. The van der Waals surface area contributed by atoms with Gasteiger partial charge in [0.2, 0.25) is 5.88 Å². The normalized spacial score (nSPS) is 10.3. The summed E-state index contributed by atoms with van der Waals surface area (Å²) in [5.41, 5.74) is 0.884. The Morgan fingerprint density at radius 2 is 2.17 bits per heavy atom. The maximum absolute atomic E-state index is 11.9. The van der Waals surface area contributed by atoms with Crippen LogP contribution in [0.4, 0.5) is 0 Å². The average Bonchev–Trinajstić information content (AvgIpc) is 2.76. The second-order valence-corrected chi connectivity index (χ2v) is 4.06. The number of carbonyl (C=O) groups excluding carboxylic acids is 1. The van der Waals surface area contributed by atoms with E-state index >= 15 is 0 Å². The summed E-state index contributed by atoms with van der Waals surface area (Å²) >= 11 is 0. The molecule has 0 aromatic carbocycles. The van der Waals surface area contributed by atoms with Crippen LogP contribution in [0.25, 0.3) is 0 Å². The van der Waals surface area contributed by atoms with Crippen molar-refractivity contribution in [2.24, 2.45) is 7.05 Å². The maximum Gasteiger partial charge on any atom is 0.212 e. The fraction of sp³-hybridized carbons (Fsp3) is 0.308. The number of ketones is 1. The first-order valence-electron chi connectivity index (χ1n) is 5.66. The van der Waals surface area contributed by atoms with Crippen LogP contribution >= 0.6 is 0 Å². The van der Waals surface area contributed by atoms with Crippen molar-refractivity contribution in [1.29, 1.82) is 0 Å². The summed E-state index contributed by atoms with van der Waals surface area (Å²) in [6.45, 7) is 0. The number of aromatic nitrogens is 3. The quantitative estimate of drug-likeness (QED) is 0.793. The smallest absolute Gasteiger partial charge is 0.212 e. The third-order valence-corrected chi connectivity index (χ3v) is 2.68. The van der Waals surface area contributed by atoms with E-state index in [1.165, 1.54) is 0 Å². The summed E-state index contributed by atoms with van der Waals surface area (Å²) < 4.78 is 6.82. The highest BCUT2D eigenvalue weighted by molar-refractivity contribution is 5.82. The van der Waals surface area contributed by atoms with Gasteiger partial charge in [0.15, 0.2) is 0 Å². The SMILES string of the molecule is COc1ccc(CC(=O)Cc2nccn2C)cn1. The molecule has 0 N–H and O–H groups in total.